The zero-order valence-corrected chi connectivity index (χ0v) is 17.5. The maximum absolute atomic E-state index is 5.64. The number of nitrogens with zero attached hydrogens (tertiary/aromatic N) is 1. The van der Waals surface area contributed by atoms with Crippen molar-refractivity contribution in [2.24, 2.45) is 4.99 Å². The Morgan fingerprint density at radius 2 is 1.72 bits per heavy atom. The summed E-state index contributed by atoms with van der Waals surface area (Å²) in [5.41, 5.74) is 2.46. The van der Waals surface area contributed by atoms with Crippen LogP contribution in [0.1, 0.15) is 24.0 Å². The van der Waals surface area contributed by atoms with Crippen LogP contribution in [0.2, 0.25) is 0 Å². The fourth-order valence-electron chi connectivity index (χ4n) is 3.72. The summed E-state index contributed by atoms with van der Waals surface area (Å²) in [7, 11) is 5.17. The average Bonchev–Trinajstić information content (AvgIpc) is 2.80. The fraction of sp³-hybridized carbons (Fsp3) is 0.435. The third kappa shape index (κ3) is 5.41. The first-order valence-electron chi connectivity index (χ1n) is 9.99. The summed E-state index contributed by atoms with van der Waals surface area (Å²) < 4.78 is 16.3. The SMILES string of the molecule is CN=C(NCc1cccc(OC)c1)NCC1(c2ccc(OC)cc2)CCOCC1. The largest absolute Gasteiger partial charge is 0.497 e. The number of methoxy groups -OCH3 is 2. The van der Waals surface area contributed by atoms with Crippen LogP contribution in [0.3, 0.4) is 0 Å². The van der Waals surface area contributed by atoms with E-state index in [4.69, 9.17) is 14.2 Å². The second-order valence-electron chi connectivity index (χ2n) is 7.25. The van der Waals surface area contributed by atoms with Crippen LogP contribution in [0.25, 0.3) is 0 Å². The van der Waals surface area contributed by atoms with E-state index in [1.54, 1.807) is 21.3 Å². The first-order chi connectivity index (χ1) is 14.2. The maximum atomic E-state index is 5.64. The standard InChI is InChI=1S/C23H31N3O3/c1-24-22(25-16-18-5-4-6-21(15-18)28-3)26-17-23(11-13-29-14-12-23)19-7-9-20(27-2)10-8-19/h4-10,15H,11-14,16-17H2,1-3H3,(H2,24,25,26). The van der Waals surface area contributed by atoms with Gasteiger partial charge in [0.05, 0.1) is 14.2 Å². The zero-order valence-electron chi connectivity index (χ0n) is 17.5. The summed E-state index contributed by atoms with van der Waals surface area (Å²) in [6.07, 6.45) is 1.94. The Balaban J connectivity index is 1.65. The highest BCUT2D eigenvalue weighted by Crippen LogP contribution is 2.35. The fourth-order valence-corrected chi connectivity index (χ4v) is 3.72. The third-order valence-corrected chi connectivity index (χ3v) is 5.56. The van der Waals surface area contributed by atoms with Crippen molar-refractivity contribution in [3.63, 3.8) is 0 Å². The first-order valence-corrected chi connectivity index (χ1v) is 9.99. The molecule has 0 radical (unpaired) electrons. The van der Waals surface area contributed by atoms with Crippen LogP contribution < -0.4 is 20.1 Å². The van der Waals surface area contributed by atoms with Gasteiger partial charge in [0.2, 0.25) is 0 Å². The number of nitrogens with one attached hydrogen (secondary N) is 2. The molecule has 6 heteroatoms. The minimum atomic E-state index is 0.0120. The summed E-state index contributed by atoms with van der Waals surface area (Å²) >= 11 is 0. The highest BCUT2D eigenvalue weighted by Gasteiger charge is 2.34. The van der Waals surface area contributed by atoms with E-state index in [9.17, 15) is 0 Å². The molecule has 3 rings (SSSR count). The minimum Gasteiger partial charge on any atom is -0.497 e. The molecular weight excluding hydrogens is 366 g/mol. The molecule has 0 unspecified atom stereocenters. The zero-order chi connectivity index (χ0) is 20.5. The molecular formula is C23H31N3O3. The molecule has 0 saturated carbocycles. The van der Waals surface area contributed by atoms with E-state index in [1.165, 1.54) is 5.56 Å². The Morgan fingerprint density at radius 3 is 2.38 bits per heavy atom. The van der Waals surface area contributed by atoms with Gasteiger partial charge in [-0.1, -0.05) is 24.3 Å². The van der Waals surface area contributed by atoms with Gasteiger partial charge in [0.15, 0.2) is 5.96 Å². The number of hydrogen-bond donors (Lipinski definition) is 2. The lowest BCUT2D eigenvalue weighted by molar-refractivity contribution is 0.0513. The Kier molecular flexibility index (Phi) is 7.36. The van der Waals surface area contributed by atoms with E-state index in [-0.39, 0.29) is 5.41 Å². The smallest absolute Gasteiger partial charge is 0.191 e. The van der Waals surface area contributed by atoms with Gasteiger partial charge in [-0.3, -0.25) is 4.99 Å². The molecule has 0 atom stereocenters. The highest BCUT2D eigenvalue weighted by atomic mass is 16.5. The van der Waals surface area contributed by atoms with Gasteiger partial charge >= 0.3 is 0 Å². The van der Waals surface area contributed by atoms with Crippen LogP contribution in [0.4, 0.5) is 0 Å². The van der Waals surface area contributed by atoms with E-state index < -0.39 is 0 Å². The molecule has 1 heterocycles. The van der Waals surface area contributed by atoms with E-state index in [0.717, 1.165) is 55.6 Å². The predicted octanol–water partition coefficient (Wildman–Crippen LogP) is 3.12. The van der Waals surface area contributed by atoms with Gasteiger partial charge < -0.3 is 24.8 Å². The van der Waals surface area contributed by atoms with Crippen LogP contribution in [-0.4, -0.2) is 47.0 Å². The molecule has 2 aromatic carbocycles. The lowest BCUT2D eigenvalue weighted by Crippen LogP contribution is -2.47. The summed E-state index contributed by atoms with van der Waals surface area (Å²) in [4.78, 5) is 4.39. The van der Waals surface area contributed by atoms with Gasteiger partial charge in [0.25, 0.3) is 0 Å². The van der Waals surface area contributed by atoms with Crippen molar-refractivity contribution in [1.29, 1.82) is 0 Å². The molecule has 0 bridgehead atoms. The number of rotatable bonds is 7. The van der Waals surface area contributed by atoms with Crippen molar-refractivity contribution in [3.05, 3.63) is 59.7 Å². The quantitative estimate of drug-likeness (QED) is 0.555. The van der Waals surface area contributed by atoms with Gasteiger partial charge in [-0.2, -0.15) is 0 Å². The molecule has 156 valence electrons. The van der Waals surface area contributed by atoms with E-state index >= 15 is 0 Å². The molecule has 0 aliphatic carbocycles. The first kappa shape index (κ1) is 21.0. The van der Waals surface area contributed by atoms with Crippen molar-refractivity contribution in [1.82, 2.24) is 10.6 Å². The van der Waals surface area contributed by atoms with E-state index in [2.05, 4.69) is 33.8 Å². The molecule has 2 aromatic rings. The monoisotopic (exact) mass is 397 g/mol. The Hall–Kier alpha value is -2.73. The Morgan fingerprint density at radius 1 is 1.00 bits per heavy atom. The molecule has 0 amide bonds. The second kappa shape index (κ2) is 10.2. The number of guanidine groups is 1. The Bertz CT molecular complexity index is 799. The number of aliphatic imine (C=N–C) groups is 1. The van der Waals surface area contributed by atoms with Crippen LogP contribution in [0.5, 0.6) is 11.5 Å². The van der Waals surface area contributed by atoms with Crippen LogP contribution >= 0.6 is 0 Å². The lowest BCUT2D eigenvalue weighted by Gasteiger charge is -2.38. The molecule has 2 N–H and O–H groups in total. The average molecular weight is 398 g/mol. The van der Waals surface area contributed by atoms with Crippen molar-refractivity contribution in [2.45, 2.75) is 24.8 Å². The highest BCUT2D eigenvalue weighted by molar-refractivity contribution is 5.79. The van der Waals surface area contributed by atoms with Gasteiger partial charge in [0.1, 0.15) is 11.5 Å². The molecule has 0 spiro atoms. The molecule has 0 aromatic heterocycles. The summed E-state index contributed by atoms with van der Waals surface area (Å²) in [6, 6.07) is 16.4. The molecule has 1 fully saturated rings. The second-order valence-corrected chi connectivity index (χ2v) is 7.25. The molecule has 6 nitrogen and oxygen atoms in total. The minimum absolute atomic E-state index is 0.0120. The van der Waals surface area contributed by atoms with Crippen LogP contribution in [0.15, 0.2) is 53.5 Å². The molecule has 1 aliphatic rings. The number of hydrogen-bond acceptors (Lipinski definition) is 4. The third-order valence-electron chi connectivity index (χ3n) is 5.56. The number of ether oxygens (including phenoxy) is 3. The summed E-state index contributed by atoms with van der Waals surface area (Å²) in [5, 5.41) is 6.92. The van der Waals surface area contributed by atoms with E-state index in [1.807, 2.05) is 30.3 Å². The molecule has 1 saturated heterocycles. The van der Waals surface area contributed by atoms with E-state index in [0.29, 0.717) is 6.54 Å². The van der Waals surface area contributed by atoms with Crippen molar-refractivity contribution >= 4 is 5.96 Å². The van der Waals surface area contributed by atoms with Crippen molar-refractivity contribution in [2.75, 3.05) is 41.0 Å². The summed E-state index contributed by atoms with van der Waals surface area (Å²) in [5.74, 6) is 2.51. The molecule has 1 aliphatic heterocycles. The van der Waals surface area contributed by atoms with Crippen molar-refractivity contribution in [3.8, 4) is 11.5 Å². The van der Waals surface area contributed by atoms with Gasteiger partial charge in [-0.15, -0.1) is 0 Å². The lowest BCUT2D eigenvalue weighted by atomic mass is 9.74. The van der Waals surface area contributed by atoms with Gasteiger partial charge in [-0.25, -0.2) is 0 Å². The maximum Gasteiger partial charge on any atom is 0.191 e. The normalized spacial score (nSPS) is 16.2. The summed E-state index contributed by atoms with van der Waals surface area (Å²) in [6.45, 7) is 3.00. The van der Waals surface area contributed by atoms with Crippen LogP contribution in [-0.2, 0) is 16.7 Å². The molecule has 29 heavy (non-hydrogen) atoms. The van der Waals surface area contributed by atoms with Gasteiger partial charge in [-0.05, 0) is 48.2 Å². The number of benzene rings is 2. The predicted molar refractivity (Wildman–Crippen MR) is 116 cm³/mol. The Labute approximate surface area is 173 Å². The topological polar surface area (TPSA) is 64.1 Å². The van der Waals surface area contributed by atoms with Gasteiger partial charge in [0, 0.05) is 38.8 Å². The van der Waals surface area contributed by atoms with Crippen LogP contribution in [0, 0.1) is 0 Å². The van der Waals surface area contributed by atoms with Crippen molar-refractivity contribution < 1.29 is 14.2 Å².